The third-order valence-corrected chi connectivity index (χ3v) is 5.64. The van der Waals surface area contributed by atoms with Gasteiger partial charge in [0.25, 0.3) is 0 Å². The molecule has 21 heavy (non-hydrogen) atoms. The minimum Gasteiger partial charge on any atom is -0.342 e. The first-order chi connectivity index (χ1) is 10.1. The summed E-state index contributed by atoms with van der Waals surface area (Å²) in [7, 11) is 0. The number of piperazine rings is 1. The molecule has 0 bridgehead atoms. The van der Waals surface area contributed by atoms with E-state index in [1.165, 1.54) is 19.3 Å². The van der Waals surface area contributed by atoms with Crippen molar-refractivity contribution in [1.29, 1.82) is 0 Å². The fraction of sp³-hybridized carbons (Fsp3) is 0.882. The van der Waals surface area contributed by atoms with Crippen LogP contribution in [-0.2, 0) is 9.59 Å². The quantitative estimate of drug-likeness (QED) is 0.865. The molecule has 1 heterocycles. The smallest absolute Gasteiger partial charge is 0.246 e. The van der Waals surface area contributed by atoms with E-state index < -0.39 is 0 Å². The molecule has 3 unspecified atom stereocenters. The van der Waals surface area contributed by atoms with E-state index in [0.29, 0.717) is 11.8 Å². The van der Waals surface area contributed by atoms with Gasteiger partial charge in [0.15, 0.2) is 0 Å². The van der Waals surface area contributed by atoms with Gasteiger partial charge >= 0.3 is 0 Å². The molecule has 4 nitrogen and oxygen atoms in total. The first kappa shape index (κ1) is 14.9. The predicted octanol–water partition coefficient (Wildman–Crippen LogP) is 2.47. The van der Waals surface area contributed by atoms with Crippen LogP contribution in [0.1, 0.15) is 65.2 Å². The number of amides is 2. The zero-order valence-electron chi connectivity index (χ0n) is 13.3. The molecule has 3 aliphatic rings. The van der Waals surface area contributed by atoms with Gasteiger partial charge in [-0.25, -0.2) is 0 Å². The van der Waals surface area contributed by atoms with Crippen LogP contribution in [0.3, 0.4) is 0 Å². The maximum atomic E-state index is 13.0. The highest BCUT2D eigenvalue weighted by atomic mass is 16.2. The molecule has 118 valence electrons. The summed E-state index contributed by atoms with van der Waals surface area (Å²) in [6, 6.07) is -0.297. The second-order valence-corrected chi connectivity index (χ2v) is 7.17. The number of hydrogen-bond donors (Lipinski definition) is 1. The van der Waals surface area contributed by atoms with Crippen molar-refractivity contribution in [3.8, 4) is 0 Å². The van der Waals surface area contributed by atoms with Gasteiger partial charge in [-0.2, -0.15) is 0 Å². The van der Waals surface area contributed by atoms with Crippen LogP contribution in [0.4, 0.5) is 0 Å². The SMILES string of the molecule is CCC(C)N1C(=O)C(C2CCCCC2)NC(=O)C1C1CC1. The molecule has 0 aromatic carbocycles. The molecule has 0 radical (unpaired) electrons. The average Bonchev–Trinajstić information content (AvgIpc) is 3.33. The first-order valence-electron chi connectivity index (χ1n) is 8.76. The van der Waals surface area contributed by atoms with Crippen molar-refractivity contribution < 1.29 is 9.59 Å². The van der Waals surface area contributed by atoms with E-state index in [0.717, 1.165) is 32.1 Å². The summed E-state index contributed by atoms with van der Waals surface area (Å²) in [6.45, 7) is 4.19. The van der Waals surface area contributed by atoms with Gasteiger partial charge in [-0.05, 0) is 50.9 Å². The number of rotatable bonds is 4. The van der Waals surface area contributed by atoms with Crippen molar-refractivity contribution in [2.75, 3.05) is 0 Å². The van der Waals surface area contributed by atoms with Gasteiger partial charge in [0.1, 0.15) is 12.1 Å². The molecule has 0 aromatic rings. The van der Waals surface area contributed by atoms with Gasteiger partial charge in [0.2, 0.25) is 11.8 Å². The largest absolute Gasteiger partial charge is 0.342 e. The molecule has 2 amide bonds. The monoisotopic (exact) mass is 292 g/mol. The third-order valence-electron chi connectivity index (χ3n) is 5.64. The molecule has 3 rings (SSSR count). The summed E-state index contributed by atoms with van der Waals surface area (Å²) < 4.78 is 0. The van der Waals surface area contributed by atoms with Crippen LogP contribution in [0.15, 0.2) is 0 Å². The van der Waals surface area contributed by atoms with E-state index in [4.69, 9.17) is 0 Å². The maximum absolute atomic E-state index is 13.0. The van der Waals surface area contributed by atoms with Crippen molar-refractivity contribution >= 4 is 11.8 Å². The minimum absolute atomic E-state index is 0.105. The van der Waals surface area contributed by atoms with Crippen LogP contribution >= 0.6 is 0 Å². The van der Waals surface area contributed by atoms with Crippen LogP contribution in [0, 0.1) is 11.8 Å². The Morgan fingerprint density at radius 3 is 2.33 bits per heavy atom. The van der Waals surface area contributed by atoms with Gasteiger partial charge < -0.3 is 10.2 Å². The van der Waals surface area contributed by atoms with Gasteiger partial charge in [-0.3, -0.25) is 9.59 Å². The predicted molar refractivity (Wildman–Crippen MR) is 81.6 cm³/mol. The Balaban J connectivity index is 1.81. The fourth-order valence-electron chi connectivity index (χ4n) is 4.05. The molecule has 3 atom stereocenters. The number of nitrogens with one attached hydrogen (secondary N) is 1. The highest BCUT2D eigenvalue weighted by molar-refractivity contribution is 5.97. The van der Waals surface area contributed by atoms with E-state index in [9.17, 15) is 9.59 Å². The number of carbonyl (C=O) groups excluding carboxylic acids is 2. The average molecular weight is 292 g/mol. The third kappa shape index (κ3) is 2.82. The van der Waals surface area contributed by atoms with E-state index in [1.807, 2.05) is 4.90 Å². The van der Waals surface area contributed by atoms with Gasteiger partial charge in [-0.1, -0.05) is 26.2 Å². The first-order valence-corrected chi connectivity index (χ1v) is 8.76. The van der Waals surface area contributed by atoms with Crippen LogP contribution < -0.4 is 5.32 Å². The zero-order chi connectivity index (χ0) is 15.0. The summed E-state index contributed by atoms with van der Waals surface area (Å²) in [4.78, 5) is 27.6. The van der Waals surface area contributed by atoms with E-state index >= 15 is 0 Å². The van der Waals surface area contributed by atoms with Crippen LogP contribution in [-0.4, -0.2) is 34.8 Å². The zero-order valence-corrected chi connectivity index (χ0v) is 13.3. The Labute approximate surface area is 127 Å². The number of carbonyl (C=O) groups is 2. The molecule has 0 aromatic heterocycles. The Bertz CT molecular complexity index is 413. The molecular weight excluding hydrogens is 264 g/mol. The Hall–Kier alpha value is -1.06. The molecule has 2 saturated carbocycles. The van der Waals surface area contributed by atoms with Gasteiger partial charge in [0, 0.05) is 6.04 Å². The van der Waals surface area contributed by atoms with Crippen molar-refractivity contribution in [2.24, 2.45) is 11.8 Å². The second kappa shape index (κ2) is 5.98. The van der Waals surface area contributed by atoms with Crippen LogP contribution in [0.5, 0.6) is 0 Å². The standard InChI is InChI=1S/C17H28N2O2/c1-3-11(2)19-15(13-9-10-13)16(20)18-14(17(19)21)12-7-5-4-6-8-12/h11-15H,3-10H2,1-2H3,(H,18,20). The Morgan fingerprint density at radius 2 is 1.76 bits per heavy atom. The lowest BCUT2D eigenvalue weighted by molar-refractivity contribution is -0.155. The summed E-state index contributed by atoms with van der Waals surface area (Å²) >= 11 is 0. The molecule has 3 fully saturated rings. The van der Waals surface area contributed by atoms with Crippen molar-refractivity contribution in [2.45, 2.75) is 83.3 Å². The van der Waals surface area contributed by atoms with E-state index in [2.05, 4.69) is 19.2 Å². The highest BCUT2D eigenvalue weighted by Crippen LogP contribution is 2.39. The molecule has 1 saturated heterocycles. The molecular formula is C17H28N2O2. The van der Waals surface area contributed by atoms with E-state index in [1.54, 1.807) is 0 Å². The van der Waals surface area contributed by atoms with Crippen LogP contribution in [0.25, 0.3) is 0 Å². The second-order valence-electron chi connectivity index (χ2n) is 7.17. The van der Waals surface area contributed by atoms with E-state index in [-0.39, 0.29) is 29.9 Å². The molecule has 4 heteroatoms. The number of hydrogen-bond acceptors (Lipinski definition) is 2. The minimum atomic E-state index is -0.262. The maximum Gasteiger partial charge on any atom is 0.246 e. The van der Waals surface area contributed by atoms with Gasteiger partial charge in [0.05, 0.1) is 0 Å². The molecule has 1 aliphatic heterocycles. The Kier molecular flexibility index (Phi) is 4.23. The highest BCUT2D eigenvalue weighted by Gasteiger charge is 2.50. The summed E-state index contributed by atoms with van der Waals surface area (Å²) in [5.74, 6) is 1.04. The normalized spacial score (nSPS) is 33.0. The topological polar surface area (TPSA) is 49.4 Å². The van der Waals surface area contributed by atoms with Crippen molar-refractivity contribution in [3.05, 3.63) is 0 Å². The van der Waals surface area contributed by atoms with Gasteiger partial charge in [-0.15, -0.1) is 0 Å². The molecule has 2 aliphatic carbocycles. The molecule has 0 spiro atoms. The summed E-state index contributed by atoms with van der Waals surface area (Å²) in [5, 5.41) is 3.09. The lowest BCUT2D eigenvalue weighted by Crippen LogP contribution is -2.67. The van der Waals surface area contributed by atoms with Crippen molar-refractivity contribution in [3.63, 3.8) is 0 Å². The van der Waals surface area contributed by atoms with Crippen molar-refractivity contribution in [1.82, 2.24) is 10.2 Å². The van der Waals surface area contributed by atoms with Crippen LogP contribution in [0.2, 0.25) is 0 Å². The molecule has 1 N–H and O–H groups in total. The summed E-state index contributed by atoms with van der Waals surface area (Å²) in [5.41, 5.74) is 0. The summed E-state index contributed by atoms with van der Waals surface area (Å²) in [6.07, 6.45) is 8.92. The number of nitrogens with zero attached hydrogens (tertiary/aromatic N) is 1. The Morgan fingerprint density at radius 1 is 1.10 bits per heavy atom. The fourth-order valence-corrected chi connectivity index (χ4v) is 4.05. The lowest BCUT2D eigenvalue weighted by atomic mass is 9.81. The lowest BCUT2D eigenvalue weighted by Gasteiger charge is -2.45.